The molecule has 0 heterocycles. The number of amides is 1. The first-order chi connectivity index (χ1) is 14.2. The summed E-state index contributed by atoms with van der Waals surface area (Å²) in [4.78, 5) is 12.3. The highest BCUT2D eigenvalue weighted by molar-refractivity contribution is 6.30. The van der Waals surface area contributed by atoms with E-state index in [1.807, 2.05) is 78.9 Å². The Morgan fingerprint density at radius 3 is 2.38 bits per heavy atom. The van der Waals surface area contributed by atoms with Crippen molar-refractivity contribution < 1.29 is 14.3 Å². The van der Waals surface area contributed by atoms with Gasteiger partial charge in [0.15, 0.2) is 6.10 Å². The van der Waals surface area contributed by atoms with Crippen LogP contribution >= 0.6 is 11.6 Å². The van der Waals surface area contributed by atoms with E-state index in [9.17, 15) is 4.79 Å². The molecule has 1 N–H and O–H groups in total. The number of hydrogen-bond donors (Lipinski definition) is 1. The fraction of sp³-hybridized carbons (Fsp3) is 0.130. The summed E-state index contributed by atoms with van der Waals surface area (Å²) in [7, 11) is 1.49. The number of methoxy groups -OCH3 is 1. The molecule has 0 spiro atoms. The molecule has 0 saturated heterocycles. The number of hydrazone groups is 1. The van der Waals surface area contributed by atoms with Crippen molar-refractivity contribution in [1.29, 1.82) is 0 Å². The number of hydrogen-bond acceptors (Lipinski definition) is 4. The number of carbonyl (C=O) groups excluding carboxylic acids is 1. The minimum absolute atomic E-state index is 0.335. The monoisotopic (exact) mass is 408 g/mol. The summed E-state index contributed by atoms with van der Waals surface area (Å²) in [6.45, 7) is 0.457. The highest BCUT2D eigenvalue weighted by Gasteiger charge is 2.18. The van der Waals surface area contributed by atoms with E-state index in [2.05, 4.69) is 10.5 Å². The van der Waals surface area contributed by atoms with E-state index in [0.717, 1.165) is 22.4 Å². The number of carbonyl (C=O) groups is 1. The van der Waals surface area contributed by atoms with Gasteiger partial charge >= 0.3 is 0 Å². The van der Waals surface area contributed by atoms with Crippen LogP contribution in [0.2, 0.25) is 5.02 Å². The van der Waals surface area contributed by atoms with Gasteiger partial charge in [0.1, 0.15) is 12.4 Å². The molecular formula is C23H21ClN2O3. The van der Waals surface area contributed by atoms with Gasteiger partial charge < -0.3 is 9.47 Å². The first-order valence-electron chi connectivity index (χ1n) is 9.03. The average Bonchev–Trinajstić information content (AvgIpc) is 2.75. The Morgan fingerprint density at radius 2 is 1.72 bits per heavy atom. The lowest BCUT2D eigenvalue weighted by atomic mass is 10.1. The topological polar surface area (TPSA) is 59.9 Å². The lowest BCUT2D eigenvalue weighted by Gasteiger charge is -2.13. The van der Waals surface area contributed by atoms with Gasteiger partial charge in [-0.25, -0.2) is 5.43 Å². The summed E-state index contributed by atoms with van der Waals surface area (Å²) in [6.07, 6.45) is 0.857. The van der Waals surface area contributed by atoms with Crippen molar-refractivity contribution in [1.82, 2.24) is 5.43 Å². The zero-order valence-corrected chi connectivity index (χ0v) is 16.7. The molecule has 1 amide bonds. The third-order valence-corrected chi connectivity index (χ3v) is 4.42. The van der Waals surface area contributed by atoms with Gasteiger partial charge in [-0.15, -0.1) is 0 Å². The SMILES string of the molecule is CO[C@@H](C(=O)N/N=C\c1ccc(OCc2ccc(Cl)cc2)cc1)c1ccccc1. The van der Waals surface area contributed by atoms with Crippen LogP contribution in [0.5, 0.6) is 5.75 Å². The molecule has 1 atom stereocenters. The minimum Gasteiger partial charge on any atom is -0.489 e. The van der Waals surface area contributed by atoms with E-state index in [0.29, 0.717) is 11.6 Å². The van der Waals surface area contributed by atoms with Gasteiger partial charge in [0.25, 0.3) is 5.91 Å². The van der Waals surface area contributed by atoms with Gasteiger partial charge in [-0.2, -0.15) is 5.10 Å². The molecule has 6 heteroatoms. The number of rotatable bonds is 8. The van der Waals surface area contributed by atoms with Crippen LogP contribution in [0.25, 0.3) is 0 Å². The van der Waals surface area contributed by atoms with Crippen molar-refractivity contribution in [3.8, 4) is 5.75 Å². The van der Waals surface area contributed by atoms with E-state index in [4.69, 9.17) is 21.1 Å². The molecule has 0 aliphatic heterocycles. The van der Waals surface area contributed by atoms with Crippen LogP contribution in [0.4, 0.5) is 0 Å². The molecule has 5 nitrogen and oxygen atoms in total. The summed E-state index contributed by atoms with van der Waals surface area (Å²) in [6, 6.07) is 24.2. The zero-order chi connectivity index (χ0) is 20.5. The lowest BCUT2D eigenvalue weighted by molar-refractivity contribution is -0.131. The molecule has 148 valence electrons. The summed E-state index contributed by atoms with van der Waals surface area (Å²) < 4.78 is 11.0. The lowest BCUT2D eigenvalue weighted by Crippen LogP contribution is -2.26. The second kappa shape index (κ2) is 10.4. The summed E-state index contributed by atoms with van der Waals surface area (Å²) >= 11 is 5.88. The van der Waals surface area contributed by atoms with E-state index >= 15 is 0 Å². The van der Waals surface area contributed by atoms with Crippen LogP contribution in [0.1, 0.15) is 22.8 Å². The van der Waals surface area contributed by atoms with Gasteiger partial charge in [0.2, 0.25) is 0 Å². The van der Waals surface area contributed by atoms with Crippen LogP contribution in [0.15, 0.2) is 84.0 Å². The quantitative estimate of drug-likeness (QED) is 0.432. The Hall–Kier alpha value is -3.15. The first kappa shape index (κ1) is 20.6. The molecule has 3 rings (SSSR count). The van der Waals surface area contributed by atoms with Crippen molar-refractivity contribution >= 4 is 23.7 Å². The third kappa shape index (κ3) is 6.17. The van der Waals surface area contributed by atoms with Crippen LogP contribution in [-0.4, -0.2) is 19.2 Å². The van der Waals surface area contributed by atoms with Gasteiger partial charge in [0.05, 0.1) is 6.21 Å². The van der Waals surface area contributed by atoms with Crippen LogP contribution in [-0.2, 0) is 16.1 Å². The third-order valence-electron chi connectivity index (χ3n) is 4.16. The predicted molar refractivity (Wildman–Crippen MR) is 114 cm³/mol. The molecule has 0 bridgehead atoms. The Balaban J connectivity index is 1.51. The van der Waals surface area contributed by atoms with Crippen LogP contribution in [0, 0.1) is 0 Å². The predicted octanol–water partition coefficient (Wildman–Crippen LogP) is 4.76. The van der Waals surface area contributed by atoms with Crippen molar-refractivity contribution in [2.24, 2.45) is 5.10 Å². The molecule has 0 unspecified atom stereocenters. The van der Waals surface area contributed by atoms with E-state index in [-0.39, 0.29) is 5.91 Å². The molecular weight excluding hydrogens is 388 g/mol. The van der Waals surface area contributed by atoms with Crippen molar-refractivity contribution in [3.05, 3.63) is 101 Å². The standard InChI is InChI=1S/C23H21ClN2O3/c1-28-22(19-5-3-2-4-6-19)23(27)26-25-15-17-9-13-21(14-10-17)29-16-18-7-11-20(24)12-8-18/h2-15,22H,16H2,1H3,(H,26,27)/b25-15-/t22-/m1/s1. The number of nitrogens with one attached hydrogen (secondary N) is 1. The van der Waals surface area contributed by atoms with Crippen LogP contribution < -0.4 is 10.2 Å². The molecule has 3 aromatic rings. The van der Waals surface area contributed by atoms with E-state index in [1.54, 1.807) is 6.21 Å². The van der Waals surface area contributed by atoms with E-state index < -0.39 is 6.10 Å². The highest BCUT2D eigenvalue weighted by atomic mass is 35.5. The number of halogens is 1. The Morgan fingerprint density at radius 1 is 1.03 bits per heavy atom. The van der Waals surface area contributed by atoms with Crippen molar-refractivity contribution in [2.75, 3.05) is 7.11 Å². The summed E-state index contributed by atoms with van der Waals surface area (Å²) in [5.74, 6) is 0.405. The minimum atomic E-state index is -0.711. The molecule has 0 aromatic heterocycles. The zero-order valence-electron chi connectivity index (χ0n) is 15.9. The maximum absolute atomic E-state index is 12.3. The summed E-state index contributed by atoms with van der Waals surface area (Å²) in [5.41, 5.74) is 5.15. The normalized spacial score (nSPS) is 11.9. The fourth-order valence-electron chi connectivity index (χ4n) is 2.65. The fourth-order valence-corrected chi connectivity index (χ4v) is 2.77. The number of ether oxygens (including phenoxy) is 2. The van der Waals surface area contributed by atoms with Crippen molar-refractivity contribution in [3.63, 3.8) is 0 Å². The smallest absolute Gasteiger partial charge is 0.273 e. The number of nitrogens with zero attached hydrogens (tertiary/aromatic N) is 1. The van der Waals surface area contributed by atoms with Gasteiger partial charge in [-0.1, -0.05) is 54.1 Å². The molecule has 29 heavy (non-hydrogen) atoms. The van der Waals surface area contributed by atoms with E-state index in [1.165, 1.54) is 7.11 Å². The van der Waals surface area contributed by atoms with Gasteiger partial charge in [0, 0.05) is 12.1 Å². The Kier molecular flexibility index (Phi) is 7.39. The van der Waals surface area contributed by atoms with Crippen LogP contribution in [0.3, 0.4) is 0 Å². The second-order valence-electron chi connectivity index (χ2n) is 6.24. The maximum atomic E-state index is 12.3. The Labute approximate surface area is 174 Å². The number of benzene rings is 3. The first-order valence-corrected chi connectivity index (χ1v) is 9.41. The maximum Gasteiger partial charge on any atom is 0.273 e. The van der Waals surface area contributed by atoms with Crippen molar-refractivity contribution in [2.45, 2.75) is 12.7 Å². The Bertz CT molecular complexity index is 942. The molecule has 0 radical (unpaired) electrons. The molecule has 0 saturated carbocycles. The molecule has 0 aliphatic rings. The molecule has 0 aliphatic carbocycles. The average molecular weight is 409 g/mol. The molecule has 3 aromatic carbocycles. The largest absolute Gasteiger partial charge is 0.489 e. The van der Waals surface area contributed by atoms with Gasteiger partial charge in [-0.3, -0.25) is 4.79 Å². The highest BCUT2D eigenvalue weighted by Crippen LogP contribution is 2.17. The van der Waals surface area contributed by atoms with Gasteiger partial charge in [-0.05, 0) is 53.1 Å². The molecule has 0 fully saturated rings. The second-order valence-corrected chi connectivity index (χ2v) is 6.68. The summed E-state index contributed by atoms with van der Waals surface area (Å²) in [5, 5.41) is 4.71.